The Bertz CT molecular complexity index is 551. The van der Waals surface area contributed by atoms with Gasteiger partial charge in [-0.3, -0.25) is 4.98 Å². The van der Waals surface area contributed by atoms with Crippen LogP contribution in [-0.4, -0.2) is 42.6 Å². The molecule has 0 fully saturated rings. The highest BCUT2D eigenvalue weighted by Crippen LogP contribution is 2.18. The predicted octanol–water partition coefficient (Wildman–Crippen LogP) is 2.17. The van der Waals surface area contributed by atoms with Crippen LogP contribution in [0.5, 0.6) is 0 Å². The highest BCUT2D eigenvalue weighted by molar-refractivity contribution is 5.79. The van der Waals surface area contributed by atoms with Crippen molar-refractivity contribution in [2.45, 2.75) is 19.9 Å². The van der Waals surface area contributed by atoms with Crippen LogP contribution in [0.2, 0.25) is 0 Å². The largest absolute Gasteiger partial charge is 0.329 e. The van der Waals surface area contributed by atoms with Crippen LogP contribution < -0.4 is 11.1 Å². The molecule has 0 saturated heterocycles. The smallest absolute Gasteiger partial charge is 0.0702 e. The second-order valence-corrected chi connectivity index (χ2v) is 5.22. The van der Waals surface area contributed by atoms with Crippen molar-refractivity contribution in [1.82, 2.24) is 15.2 Å². The number of nitrogens with zero attached hydrogens (tertiary/aromatic N) is 2. The highest BCUT2D eigenvalue weighted by Gasteiger charge is 2.10. The van der Waals surface area contributed by atoms with Crippen molar-refractivity contribution in [3.63, 3.8) is 0 Å². The molecule has 0 bridgehead atoms. The third kappa shape index (κ3) is 4.24. The molecular formula is C17H26N4. The summed E-state index contributed by atoms with van der Waals surface area (Å²) in [5, 5.41) is 4.73. The first-order valence-corrected chi connectivity index (χ1v) is 7.79. The predicted molar refractivity (Wildman–Crippen MR) is 89.3 cm³/mol. The lowest BCUT2D eigenvalue weighted by Gasteiger charge is -2.22. The summed E-state index contributed by atoms with van der Waals surface area (Å²) in [7, 11) is 0. The van der Waals surface area contributed by atoms with E-state index in [0.29, 0.717) is 6.54 Å². The van der Waals surface area contributed by atoms with Crippen molar-refractivity contribution in [3.8, 4) is 0 Å². The lowest BCUT2D eigenvalue weighted by molar-refractivity contribution is 0.297. The van der Waals surface area contributed by atoms with Crippen LogP contribution in [0.1, 0.15) is 25.5 Å². The van der Waals surface area contributed by atoms with Gasteiger partial charge in [0.05, 0.1) is 5.52 Å². The van der Waals surface area contributed by atoms with Crippen LogP contribution in [0.3, 0.4) is 0 Å². The summed E-state index contributed by atoms with van der Waals surface area (Å²) < 4.78 is 0. The zero-order valence-corrected chi connectivity index (χ0v) is 13.0. The molecule has 0 aliphatic carbocycles. The zero-order chi connectivity index (χ0) is 15.1. The van der Waals surface area contributed by atoms with Gasteiger partial charge in [0.25, 0.3) is 0 Å². The van der Waals surface area contributed by atoms with Crippen LogP contribution in [-0.2, 0) is 0 Å². The molecule has 1 atom stereocenters. The Morgan fingerprint density at radius 1 is 1.24 bits per heavy atom. The molecule has 1 aromatic heterocycles. The minimum absolute atomic E-state index is 0.199. The summed E-state index contributed by atoms with van der Waals surface area (Å²) in [6.07, 6.45) is 1.82. The molecular weight excluding hydrogens is 260 g/mol. The number of fused-ring (bicyclic) bond motifs is 1. The number of pyridine rings is 1. The van der Waals surface area contributed by atoms with Gasteiger partial charge in [-0.1, -0.05) is 26.0 Å². The van der Waals surface area contributed by atoms with Crippen molar-refractivity contribution in [2.24, 2.45) is 5.73 Å². The number of rotatable bonds is 8. The van der Waals surface area contributed by atoms with Gasteiger partial charge >= 0.3 is 0 Å². The molecule has 0 radical (unpaired) electrons. The fraction of sp³-hybridized carbons (Fsp3) is 0.471. The van der Waals surface area contributed by atoms with Gasteiger partial charge < -0.3 is 16.0 Å². The summed E-state index contributed by atoms with van der Waals surface area (Å²) in [5.74, 6) is 0. The van der Waals surface area contributed by atoms with Crippen LogP contribution in [0, 0.1) is 0 Å². The fourth-order valence-electron chi connectivity index (χ4n) is 2.58. The van der Waals surface area contributed by atoms with Crippen molar-refractivity contribution >= 4 is 10.9 Å². The second-order valence-electron chi connectivity index (χ2n) is 5.22. The standard InChI is InChI=1S/C17H26N4/c1-3-21(4-2)11-10-20-17(13-18)15-7-8-16-14(12-15)6-5-9-19-16/h5-9,12,17,20H,3-4,10-11,13,18H2,1-2H3. The zero-order valence-electron chi connectivity index (χ0n) is 13.0. The average Bonchev–Trinajstić information content (AvgIpc) is 2.55. The minimum Gasteiger partial charge on any atom is -0.329 e. The Morgan fingerprint density at radius 2 is 2.05 bits per heavy atom. The number of aromatic nitrogens is 1. The van der Waals surface area contributed by atoms with Crippen LogP contribution in [0.15, 0.2) is 36.5 Å². The Kier molecular flexibility index (Phi) is 6.11. The summed E-state index contributed by atoms with van der Waals surface area (Å²) in [4.78, 5) is 6.76. The molecule has 1 aromatic carbocycles. The number of nitrogens with two attached hydrogens (primary N) is 1. The third-order valence-electron chi connectivity index (χ3n) is 3.98. The molecule has 4 nitrogen and oxygen atoms in total. The third-order valence-corrected chi connectivity index (χ3v) is 3.98. The van der Waals surface area contributed by atoms with Gasteiger partial charge in [0.2, 0.25) is 0 Å². The van der Waals surface area contributed by atoms with E-state index in [2.05, 4.69) is 53.3 Å². The number of benzene rings is 1. The highest BCUT2D eigenvalue weighted by atomic mass is 15.1. The van der Waals surface area contributed by atoms with E-state index in [-0.39, 0.29) is 6.04 Å². The molecule has 0 aliphatic rings. The van der Waals surface area contributed by atoms with E-state index in [1.165, 1.54) is 10.9 Å². The molecule has 114 valence electrons. The van der Waals surface area contributed by atoms with Crippen LogP contribution in [0.4, 0.5) is 0 Å². The molecule has 3 N–H and O–H groups in total. The van der Waals surface area contributed by atoms with Crippen LogP contribution >= 0.6 is 0 Å². The van der Waals surface area contributed by atoms with E-state index in [9.17, 15) is 0 Å². The number of nitrogens with one attached hydrogen (secondary N) is 1. The lowest BCUT2D eigenvalue weighted by atomic mass is 10.0. The molecule has 1 unspecified atom stereocenters. The van der Waals surface area contributed by atoms with E-state index < -0.39 is 0 Å². The van der Waals surface area contributed by atoms with Gasteiger partial charge in [0.15, 0.2) is 0 Å². The molecule has 1 heterocycles. The number of likely N-dealkylation sites (N-methyl/N-ethyl adjacent to an activating group) is 1. The molecule has 2 aromatic rings. The second kappa shape index (κ2) is 8.08. The number of hydrogen-bond acceptors (Lipinski definition) is 4. The van der Waals surface area contributed by atoms with Crippen molar-refractivity contribution in [1.29, 1.82) is 0 Å². The average molecular weight is 286 g/mol. The van der Waals surface area contributed by atoms with Gasteiger partial charge in [-0.25, -0.2) is 0 Å². The van der Waals surface area contributed by atoms with Gasteiger partial charge in [-0.2, -0.15) is 0 Å². The maximum absolute atomic E-state index is 5.94. The quantitative estimate of drug-likeness (QED) is 0.781. The van der Waals surface area contributed by atoms with Crippen molar-refractivity contribution < 1.29 is 0 Å². The molecule has 0 amide bonds. The summed E-state index contributed by atoms with van der Waals surface area (Å²) >= 11 is 0. The van der Waals surface area contributed by atoms with Gasteiger partial charge in [0.1, 0.15) is 0 Å². The van der Waals surface area contributed by atoms with Crippen LogP contribution in [0.25, 0.3) is 10.9 Å². The lowest BCUT2D eigenvalue weighted by Crippen LogP contribution is -2.36. The topological polar surface area (TPSA) is 54.2 Å². The van der Waals surface area contributed by atoms with E-state index in [4.69, 9.17) is 5.73 Å². The summed E-state index contributed by atoms with van der Waals surface area (Å²) in [6.45, 7) is 9.18. The Balaban J connectivity index is 2.01. The molecule has 2 rings (SSSR count). The van der Waals surface area contributed by atoms with E-state index in [1.807, 2.05) is 12.3 Å². The molecule has 0 saturated carbocycles. The maximum atomic E-state index is 5.94. The summed E-state index contributed by atoms with van der Waals surface area (Å²) in [6, 6.07) is 10.6. The van der Waals surface area contributed by atoms with E-state index in [1.54, 1.807) is 0 Å². The van der Waals surface area contributed by atoms with E-state index in [0.717, 1.165) is 31.7 Å². The Labute approximate surface area is 127 Å². The molecule has 0 spiro atoms. The number of hydrogen-bond donors (Lipinski definition) is 2. The normalized spacial score (nSPS) is 13.0. The first kappa shape index (κ1) is 15.9. The molecule has 21 heavy (non-hydrogen) atoms. The summed E-state index contributed by atoms with van der Waals surface area (Å²) in [5.41, 5.74) is 8.20. The first-order valence-electron chi connectivity index (χ1n) is 7.79. The van der Waals surface area contributed by atoms with Crippen molar-refractivity contribution in [3.05, 3.63) is 42.1 Å². The maximum Gasteiger partial charge on any atom is 0.0702 e. The van der Waals surface area contributed by atoms with Crippen molar-refractivity contribution in [2.75, 3.05) is 32.7 Å². The SMILES string of the molecule is CCN(CC)CCNC(CN)c1ccc2ncccc2c1. The molecule has 0 aliphatic heterocycles. The van der Waals surface area contributed by atoms with Gasteiger partial charge in [-0.15, -0.1) is 0 Å². The Morgan fingerprint density at radius 3 is 2.76 bits per heavy atom. The van der Waals surface area contributed by atoms with E-state index >= 15 is 0 Å². The van der Waals surface area contributed by atoms with Gasteiger partial charge in [-0.05, 0) is 36.9 Å². The monoisotopic (exact) mass is 286 g/mol. The first-order chi connectivity index (χ1) is 10.3. The molecule has 4 heteroatoms. The fourth-order valence-corrected chi connectivity index (χ4v) is 2.58. The minimum atomic E-state index is 0.199. The van der Waals surface area contributed by atoms with Gasteiger partial charge in [0, 0.05) is 37.3 Å². The Hall–Kier alpha value is -1.49.